The van der Waals surface area contributed by atoms with Gasteiger partial charge < -0.3 is 0 Å². The SMILES string of the molecule is C[Si](C)(C)c1ccc(Cn2cc(F)c(=O)[nH]c2=O)cc1. The van der Waals surface area contributed by atoms with E-state index in [-0.39, 0.29) is 6.54 Å². The number of hydrogen-bond acceptors (Lipinski definition) is 2. The molecular formula is C14H17FN2O2Si. The molecule has 106 valence electrons. The Morgan fingerprint density at radius 1 is 1.15 bits per heavy atom. The second kappa shape index (κ2) is 5.20. The topological polar surface area (TPSA) is 54.9 Å². The molecule has 0 amide bonds. The Morgan fingerprint density at radius 2 is 1.75 bits per heavy atom. The van der Waals surface area contributed by atoms with Gasteiger partial charge in [0.05, 0.1) is 20.8 Å². The molecule has 0 unspecified atom stereocenters. The molecule has 2 rings (SSSR count). The minimum Gasteiger partial charge on any atom is -0.293 e. The summed E-state index contributed by atoms with van der Waals surface area (Å²) in [6.07, 6.45) is 0.938. The van der Waals surface area contributed by atoms with E-state index in [9.17, 15) is 14.0 Å². The molecule has 6 heteroatoms. The number of H-pyrrole nitrogens is 1. The fourth-order valence-electron chi connectivity index (χ4n) is 1.91. The van der Waals surface area contributed by atoms with Gasteiger partial charge in [-0.3, -0.25) is 14.3 Å². The lowest BCUT2D eigenvalue weighted by Crippen LogP contribution is -2.37. The Balaban J connectivity index is 2.29. The van der Waals surface area contributed by atoms with Gasteiger partial charge in [0, 0.05) is 0 Å². The zero-order valence-corrected chi connectivity index (χ0v) is 12.7. The van der Waals surface area contributed by atoms with Crippen LogP contribution in [-0.2, 0) is 6.54 Å². The van der Waals surface area contributed by atoms with Crippen molar-refractivity contribution >= 4 is 13.3 Å². The van der Waals surface area contributed by atoms with E-state index in [4.69, 9.17) is 0 Å². The number of benzene rings is 1. The van der Waals surface area contributed by atoms with Crippen LogP contribution in [0.5, 0.6) is 0 Å². The third-order valence-corrected chi connectivity index (χ3v) is 5.21. The van der Waals surface area contributed by atoms with E-state index in [2.05, 4.69) is 31.8 Å². The van der Waals surface area contributed by atoms with E-state index in [1.807, 2.05) is 17.1 Å². The van der Waals surface area contributed by atoms with Gasteiger partial charge in [-0.15, -0.1) is 0 Å². The standard InChI is InChI=1S/C14H17FN2O2Si/c1-20(2,3)11-6-4-10(5-7-11)8-17-9-12(15)13(18)16-14(17)19/h4-7,9H,8H2,1-3H3,(H,16,18,19). The van der Waals surface area contributed by atoms with Crippen molar-refractivity contribution in [3.63, 3.8) is 0 Å². The van der Waals surface area contributed by atoms with Gasteiger partial charge >= 0.3 is 5.69 Å². The lowest BCUT2D eigenvalue weighted by molar-refractivity contribution is 0.566. The van der Waals surface area contributed by atoms with Crippen molar-refractivity contribution in [1.29, 1.82) is 0 Å². The molecule has 1 aromatic carbocycles. The van der Waals surface area contributed by atoms with Crippen LogP contribution in [0.2, 0.25) is 19.6 Å². The number of aromatic amines is 1. The second-order valence-electron chi connectivity index (χ2n) is 5.81. The molecule has 2 aromatic rings. The Hall–Kier alpha value is -1.95. The van der Waals surface area contributed by atoms with E-state index >= 15 is 0 Å². The van der Waals surface area contributed by atoms with Crippen LogP contribution in [0.3, 0.4) is 0 Å². The van der Waals surface area contributed by atoms with Crippen LogP contribution in [0.25, 0.3) is 0 Å². The number of halogens is 1. The summed E-state index contributed by atoms with van der Waals surface area (Å²) in [6, 6.07) is 7.97. The number of nitrogens with zero attached hydrogens (tertiary/aromatic N) is 1. The molecule has 1 heterocycles. The predicted molar refractivity (Wildman–Crippen MR) is 79.8 cm³/mol. The summed E-state index contributed by atoms with van der Waals surface area (Å²) in [5, 5.41) is 1.32. The summed E-state index contributed by atoms with van der Waals surface area (Å²) in [4.78, 5) is 24.5. The number of rotatable bonds is 3. The molecular weight excluding hydrogens is 275 g/mol. The predicted octanol–water partition coefficient (Wildman–Crippen LogP) is 1.27. The maximum atomic E-state index is 13.2. The van der Waals surface area contributed by atoms with Gasteiger partial charge in [-0.25, -0.2) is 4.79 Å². The molecule has 0 atom stereocenters. The molecule has 20 heavy (non-hydrogen) atoms. The first kappa shape index (κ1) is 14.5. The van der Waals surface area contributed by atoms with Gasteiger partial charge in [0.25, 0.3) is 5.56 Å². The summed E-state index contributed by atoms with van der Waals surface area (Å²) in [6.45, 7) is 7.00. The maximum absolute atomic E-state index is 13.2. The van der Waals surface area contributed by atoms with Crippen molar-refractivity contribution in [1.82, 2.24) is 9.55 Å². The fourth-order valence-corrected chi connectivity index (χ4v) is 3.07. The van der Waals surface area contributed by atoms with Crippen LogP contribution in [0.4, 0.5) is 4.39 Å². The van der Waals surface area contributed by atoms with E-state index in [0.29, 0.717) is 0 Å². The van der Waals surface area contributed by atoms with E-state index in [1.165, 1.54) is 5.19 Å². The van der Waals surface area contributed by atoms with Gasteiger partial charge in [-0.1, -0.05) is 49.1 Å². The molecule has 0 saturated heterocycles. The van der Waals surface area contributed by atoms with Crippen molar-refractivity contribution in [2.75, 3.05) is 0 Å². The van der Waals surface area contributed by atoms with Gasteiger partial charge in [0.2, 0.25) is 5.82 Å². The Kier molecular flexibility index (Phi) is 3.76. The van der Waals surface area contributed by atoms with Crippen LogP contribution in [0, 0.1) is 5.82 Å². The smallest absolute Gasteiger partial charge is 0.293 e. The van der Waals surface area contributed by atoms with E-state index in [0.717, 1.165) is 16.3 Å². The lowest BCUT2D eigenvalue weighted by atomic mass is 10.2. The van der Waals surface area contributed by atoms with Crippen LogP contribution in [-0.4, -0.2) is 17.6 Å². The van der Waals surface area contributed by atoms with Crippen molar-refractivity contribution in [3.8, 4) is 0 Å². The first-order valence-electron chi connectivity index (χ1n) is 6.36. The lowest BCUT2D eigenvalue weighted by Gasteiger charge is -2.16. The quantitative estimate of drug-likeness (QED) is 0.866. The van der Waals surface area contributed by atoms with Crippen LogP contribution < -0.4 is 16.4 Å². The highest BCUT2D eigenvalue weighted by molar-refractivity contribution is 6.88. The number of aromatic nitrogens is 2. The zero-order valence-electron chi connectivity index (χ0n) is 11.7. The molecule has 1 aromatic heterocycles. The highest BCUT2D eigenvalue weighted by Crippen LogP contribution is 2.05. The molecule has 4 nitrogen and oxygen atoms in total. The molecule has 1 N–H and O–H groups in total. The highest BCUT2D eigenvalue weighted by Gasteiger charge is 2.15. The molecule has 0 aliphatic heterocycles. The van der Waals surface area contributed by atoms with Crippen molar-refractivity contribution in [2.45, 2.75) is 26.2 Å². The molecule has 0 radical (unpaired) electrons. The van der Waals surface area contributed by atoms with Crippen LogP contribution in [0.1, 0.15) is 5.56 Å². The van der Waals surface area contributed by atoms with Gasteiger partial charge in [-0.2, -0.15) is 4.39 Å². The van der Waals surface area contributed by atoms with Gasteiger partial charge in [0.1, 0.15) is 0 Å². The first-order valence-corrected chi connectivity index (χ1v) is 9.86. The molecule has 0 saturated carbocycles. The Labute approximate surface area is 116 Å². The minimum absolute atomic E-state index is 0.235. The third kappa shape index (κ3) is 3.13. The summed E-state index contributed by atoms with van der Waals surface area (Å²) < 4.78 is 14.3. The van der Waals surface area contributed by atoms with Gasteiger partial charge in [0.15, 0.2) is 0 Å². The normalized spacial score (nSPS) is 11.6. The Morgan fingerprint density at radius 3 is 2.30 bits per heavy atom. The maximum Gasteiger partial charge on any atom is 0.328 e. The fraction of sp³-hybridized carbons (Fsp3) is 0.286. The number of nitrogens with one attached hydrogen (secondary N) is 1. The second-order valence-corrected chi connectivity index (χ2v) is 10.9. The third-order valence-electron chi connectivity index (χ3n) is 3.14. The van der Waals surface area contributed by atoms with Crippen LogP contribution >= 0.6 is 0 Å². The molecule has 0 spiro atoms. The summed E-state index contributed by atoms with van der Waals surface area (Å²) in [5.74, 6) is -0.955. The van der Waals surface area contributed by atoms with E-state index in [1.54, 1.807) is 0 Å². The average molecular weight is 292 g/mol. The molecule has 0 aliphatic carbocycles. The average Bonchev–Trinajstić information content (AvgIpc) is 2.35. The monoisotopic (exact) mass is 292 g/mol. The summed E-state index contributed by atoms with van der Waals surface area (Å²) >= 11 is 0. The van der Waals surface area contributed by atoms with Crippen molar-refractivity contribution in [3.05, 3.63) is 62.7 Å². The molecule has 0 fully saturated rings. The zero-order chi connectivity index (χ0) is 14.9. The summed E-state index contributed by atoms with van der Waals surface area (Å²) in [5.41, 5.74) is -0.702. The van der Waals surface area contributed by atoms with Gasteiger partial charge in [-0.05, 0) is 5.56 Å². The van der Waals surface area contributed by atoms with Crippen LogP contribution in [0.15, 0.2) is 40.1 Å². The highest BCUT2D eigenvalue weighted by atomic mass is 28.3. The summed E-state index contributed by atoms with van der Waals surface area (Å²) in [7, 11) is -1.35. The Bertz CT molecular complexity index is 727. The number of hydrogen-bond donors (Lipinski definition) is 1. The van der Waals surface area contributed by atoms with Crippen molar-refractivity contribution < 1.29 is 4.39 Å². The first-order chi connectivity index (χ1) is 9.27. The largest absolute Gasteiger partial charge is 0.328 e. The minimum atomic E-state index is -1.35. The van der Waals surface area contributed by atoms with Crippen molar-refractivity contribution in [2.24, 2.45) is 0 Å². The molecule has 0 bridgehead atoms. The van der Waals surface area contributed by atoms with E-state index < -0.39 is 25.1 Å². The molecule has 0 aliphatic rings.